The van der Waals surface area contributed by atoms with Crippen LogP contribution in [0.4, 0.5) is 0 Å². The largest absolute Gasteiger partial charge is 0.348 e. The molecule has 25 heavy (non-hydrogen) atoms. The first kappa shape index (κ1) is 17.9. The monoisotopic (exact) mass is 342 g/mol. The van der Waals surface area contributed by atoms with Crippen LogP contribution in [-0.2, 0) is 6.54 Å². The van der Waals surface area contributed by atoms with E-state index in [1.807, 2.05) is 28.9 Å². The van der Waals surface area contributed by atoms with Gasteiger partial charge in [0.05, 0.1) is 5.52 Å². The smallest absolute Gasteiger partial charge is 0.272 e. The van der Waals surface area contributed by atoms with Crippen molar-refractivity contribution in [2.45, 2.75) is 58.0 Å². The maximum atomic E-state index is 12.9. The van der Waals surface area contributed by atoms with Crippen molar-refractivity contribution in [2.24, 2.45) is 0 Å². The summed E-state index contributed by atoms with van der Waals surface area (Å²) < 4.78 is 1.96. The topological polar surface area (TPSA) is 50.2 Å². The van der Waals surface area contributed by atoms with Crippen molar-refractivity contribution < 1.29 is 4.79 Å². The molecule has 1 aliphatic heterocycles. The van der Waals surface area contributed by atoms with Crippen LogP contribution in [0.1, 0.15) is 55.9 Å². The average Bonchev–Trinajstić information content (AvgIpc) is 3.01. The van der Waals surface area contributed by atoms with Crippen LogP contribution < -0.4 is 5.32 Å². The highest BCUT2D eigenvalue weighted by Crippen LogP contribution is 2.20. The lowest BCUT2D eigenvalue weighted by atomic mass is 10.0. The Morgan fingerprint density at radius 3 is 2.80 bits per heavy atom. The number of carbonyl (C=O) groups is 1. The van der Waals surface area contributed by atoms with E-state index in [2.05, 4.69) is 29.3 Å². The molecule has 2 aromatic rings. The van der Waals surface area contributed by atoms with E-state index in [4.69, 9.17) is 0 Å². The number of para-hydroxylation sites is 1. The third kappa shape index (κ3) is 4.40. The molecule has 1 N–H and O–H groups in total. The third-order valence-corrected chi connectivity index (χ3v) is 5.08. The molecule has 1 amide bonds. The van der Waals surface area contributed by atoms with E-state index in [9.17, 15) is 4.79 Å². The fourth-order valence-electron chi connectivity index (χ4n) is 3.71. The SMILES string of the molecule is CCCn1nc(C(=O)NC2CCCCN(C)CCC2)c2ccccc21. The lowest BCUT2D eigenvalue weighted by Crippen LogP contribution is -2.35. The molecular weight excluding hydrogens is 312 g/mol. The Morgan fingerprint density at radius 1 is 1.20 bits per heavy atom. The van der Waals surface area contributed by atoms with Crippen LogP contribution in [0.25, 0.3) is 10.9 Å². The highest BCUT2D eigenvalue weighted by Gasteiger charge is 2.20. The first-order valence-corrected chi connectivity index (χ1v) is 9.64. The van der Waals surface area contributed by atoms with Gasteiger partial charge < -0.3 is 10.2 Å². The minimum atomic E-state index is -0.0244. The normalized spacial score (nSPS) is 20.0. The molecule has 0 radical (unpaired) electrons. The Labute approximate surface area is 150 Å². The molecule has 136 valence electrons. The first-order chi connectivity index (χ1) is 12.2. The van der Waals surface area contributed by atoms with Gasteiger partial charge in [0.1, 0.15) is 0 Å². The Kier molecular flexibility index (Phi) is 6.08. The zero-order valence-electron chi connectivity index (χ0n) is 15.5. The fraction of sp³-hybridized carbons (Fsp3) is 0.600. The lowest BCUT2D eigenvalue weighted by Gasteiger charge is -2.17. The van der Waals surface area contributed by atoms with Crippen LogP contribution in [0, 0.1) is 0 Å². The quantitative estimate of drug-likeness (QED) is 0.926. The van der Waals surface area contributed by atoms with Crippen molar-refractivity contribution in [1.82, 2.24) is 20.0 Å². The second-order valence-electron chi connectivity index (χ2n) is 7.20. The van der Waals surface area contributed by atoms with Gasteiger partial charge in [-0.2, -0.15) is 5.10 Å². The number of fused-ring (bicyclic) bond motifs is 1. The highest BCUT2D eigenvalue weighted by molar-refractivity contribution is 6.04. The number of nitrogens with zero attached hydrogens (tertiary/aromatic N) is 3. The Hall–Kier alpha value is -1.88. The van der Waals surface area contributed by atoms with Gasteiger partial charge in [-0.25, -0.2) is 0 Å². The van der Waals surface area contributed by atoms with Gasteiger partial charge in [-0.15, -0.1) is 0 Å². The molecule has 0 aliphatic carbocycles. The van der Waals surface area contributed by atoms with E-state index in [0.717, 1.165) is 56.2 Å². The fourth-order valence-corrected chi connectivity index (χ4v) is 3.71. The van der Waals surface area contributed by atoms with Crippen molar-refractivity contribution in [3.05, 3.63) is 30.0 Å². The summed E-state index contributed by atoms with van der Waals surface area (Å²) >= 11 is 0. The van der Waals surface area contributed by atoms with Gasteiger partial charge in [0.25, 0.3) is 5.91 Å². The molecule has 2 heterocycles. The summed E-state index contributed by atoms with van der Waals surface area (Å²) in [7, 11) is 2.19. The Bertz CT molecular complexity index is 709. The summed E-state index contributed by atoms with van der Waals surface area (Å²) in [6.07, 6.45) is 6.61. The number of aryl methyl sites for hydroxylation is 1. The first-order valence-electron chi connectivity index (χ1n) is 9.64. The van der Waals surface area contributed by atoms with E-state index >= 15 is 0 Å². The van der Waals surface area contributed by atoms with Gasteiger partial charge in [0.15, 0.2) is 5.69 Å². The zero-order valence-corrected chi connectivity index (χ0v) is 15.5. The van der Waals surface area contributed by atoms with Crippen molar-refractivity contribution in [3.8, 4) is 0 Å². The summed E-state index contributed by atoms with van der Waals surface area (Å²) in [4.78, 5) is 15.3. The standard InChI is InChI=1S/C20H30N4O/c1-3-13-24-18-12-5-4-11-17(18)19(22-24)20(25)21-16-9-6-7-14-23(2)15-8-10-16/h4-5,11-12,16H,3,6-10,13-15H2,1-2H3,(H,21,25). The van der Waals surface area contributed by atoms with Crippen molar-refractivity contribution in [1.29, 1.82) is 0 Å². The van der Waals surface area contributed by atoms with Gasteiger partial charge in [0.2, 0.25) is 0 Å². The summed E-state index contributed by atoms with van der Waals surface area (Å²) in [6.45, 7) is 5.24. The minimum absolute atomic E-state index is 0.0244. The molecular formula is C20H30N4O. The molecule has 3 rings (SSSR count). The van der Waals surface area contributed by atoms with Crippen LogP contribution in [0.2, 0.25) is 0 Å². The van der Waals surface area contributed by atoms with Crippen LogP contribution in [-0.4, -0.2) is 46.8 Å². The summed E-state index contributed by atoms with van der Waals surface area (Å²) in [6, 6.07) is 8.29. The Balaban J connectivity index is 1.75. The van der Waals surface area contributed by atoms with Gasteiger partial charge in [0, 0.05) is 18.0 Å². The second kappa shape index (κ2) is 8.48. The molecule has 0 bridgehead atoms. The van der Waals surface area contributed by atoms with Crippen LogP contribution in [0.15, 0.2) is 24.3 Å². The molecule has 1 unspecified atom stereocenters. The molecule has 5 nitrogen and oxygen atoms in total. The molecule has 0 spiro atoms. The number of amides is 1. The lowest BCUT2D eigenvalue weighted by molar-refractivity contribution is 0.0927. The molecule has 1 saturated heterocycles. The number of nitrogens with one attached hydrogen (secondary N) is 1. The highest BCUT2D eigenvalue weighted by atomic mass is 16.2. The van der Waals surface area contributed by atoms with Crippen LogP contribution >= 0.6 is 0 Å². The van der Waals surface area contributed by atoms with Gasteiger partial charge in [-0.1, -0.05) is 31.5 Å². The molecule has 0 saturated carbocycles. The van der Waals surface area contributed by atoms with E-state index in [1.165, 1.54) is 12.8 Å². The van der Waals surface area contributed by atoms with E-state index in [0.29, 0.717) is 5.69 Å². The number of carbonyl (C=O) groups excluding carboxylic acids is 1. The molecule has 1 aromatic heterocycles. The maximum absolute atomic E-state index is 12.9. The summed E-state index contributed by atoms with van der Waals surface area (Å²) in [5, 5.41) is 8.83. The molecule has 5 heteroatoms. The van der Waals surface area contributed by atoms with E-state index in [1.54, 1.807) is 0 Å². The summed E-state index contributed by atoms with van der Waals surface area (Å²) in [5.74, 6) is -0.0244. The number of benzene rings is 1. The van der Waals surface area contributed by atoms with Crippen molar-refractivity contribution >= 4 is 16.8 Å². The van der Waals surface area contributed by atoms with Gasteiger partial charge in [-0.05, 0) is 58.3 Å². The molecule has 1 fully saturated rings. The second-order valence-corrected chi connectivity index (χ2v) is 7.20. The van der Waals surface area contributed by atoms with Gasteiger partial charge in [-0.3, -0.25) is 9.48 Å². The van der Waals surface area contributed by atoms with Crippen LogP contribution in [0.5, 0.6) is 0 Å². The summed E-state index contributed by atoms with van der Waals surface area (Å²) in [5.41, 5.74) is 1.62. The minimum Gasteiger partial charge on any atom is -0.348 e. The number of aromatic nitrogens is 2. The number of hydrogen-bond donors (Lipinski definition) is 1. The van der Waals surface area contributed by atoms with Crippen LogP contribution in [0.3, 0.4) is 0 Å². The predicted molar refractivity (Wildman–Crippen MR) is 102 cm³/mol. The Morgan fingerprint density at radius 2 is 1.96 bits per heavy atom. The molecule has 1 aliphatic rings. The number of hydrogen-bond acceptors (Lipinski definition) is 3. The zero-order chi connectivity index (χ0) is 17.6. The molecule has 1 aromatic carbocycles. The maximum Gasteiger partial charge on any atom is 0.272 e. The van der Waals surface area contributed by atoms with Crippen molar-refractivity contribution in [2.75, 3.05) is 20.1 Å². The van der Waals surface area contributed by atoms with Gasteiger partial charge >= 0.3 is 0 Å². The molecule has 1 atom stereocenters. The average molecular weight is 342 g/mol. The van der Waals surface area contributed by atoms with E-state index < -0.39 is 0 Å². The van der Waals surface area contributed by atoms with Crippen molar-refractivity contribution in [3.63, 3.8) is 0 Å². The van der Waals surface area contributed by atoms with E-state index in [-0.39, 0.29) is 11.9 Å². The third-order valence-electron chi connectivity index (χ3n) is 5.08. The predicted octanol–water partition coefficient (Wildman–Crippen LogP) is 3.44. The number of rotatable bonds is 4.